The van der Waals surface area contributed by atoms with Crippen LogP contribution in [0.4, 0.5) is 0 Å². The second kappa shape index (κ2) is 8.91. The number of benzene rings is 2. The van der Waals surface area contributed by atoms with Crippen LogP contribution in [0, 0.1) is 0 Å². The van der Waals surface area contributed by atoms with Gasteiger partial charge in [0.25, 0.3) is 0 Å². The number of aromatic hydroxyl groups is 1. The number of fused-ring (bicyclic) bond motifs is 1. The topological polar surface area (TPSA) is 148 Å². The second-order valence-electron chi connectivity index (χ2n) is 7.66. The van der Waals surface area contributed by atoms with E-state index < -0.39 is 36.1 Å². The SMILES string of the molecule is COc1cc(O[C@@H]2O[C@H](C)[C@@H](O)[C@H](O)[C@H]2O)c2c(=O)cc(-c3ccc(O)c(OC)c3)oc2c1. The van der Waals surface area contributed by atoms with Crippen molar-refractivity contribution in [2.24, 2.45) is 0 Å². The number of methoxy groups -OCH3 is 2. The average Bonchev–Trinajstić information content (AvgIpc) is 2.80. The lowest BCUT2D eigenvalue weighted by atomic mass is 10.00. The molecule has 5 atom stereocenters. The molecule has 10 nitrogen and oxygen atoms in total. The van der Waals surface area contributed by atoms with E-state index in [9.17, 15) is 25.2 Å². The average molecular weight is 460 g/mol. The summed E-state index contributed by atoms with van der Waals surface area (Å²) in [6, 6.07) is 8.70. The molecule has 0 radical (unpaired) electrons. The van der Waals surface area contributed by atoms with Gasteiger partial charge in [-0.2, -0.15) is 0 Å². The minimum absolute atomic E-state index is 0.00720. The fourth-order valence-electron chi connectivity index (χ4n) is 3.65. The van der Waals surface area contributed by atoms with Gasteiger partial charge in [0.05, 0.1) is 20.3 Å². The van der Waals surface area contributed by atoms with E-state index in [0.717, 1.165) is 0 Å². The zero-order valence-electron chi connectivity index (χ0n) is 18.1. The Morgan fingerprint density at radius 2 is 1.67 bits per heavy atom. The van der Waals surface area contributed by atoms with Crippen molar-refractivity contribution >= 4 is 11.0 Å². The maximum absolute atomic E-state index is 13.1. The minimum Gasteiger partial charge on any atom is -0.504 e. The van der Waals surface area contributed by atoms with Gasteiger partial charge in [0.1, 0.15) is 46.5 Å². The summed E-state index contributed by atoms with van der Waals surface area (Å²) in [5.74, 6) is 0.677. The predicted molar refractivity (Wildman–Crippen MR) is 116 cm³/mol. The van der Waals surface area contributed by atoms with Crippen molar-refractivity contribution < 1.29 is 43.8 Å². The van der Waals surface area contributed by atoms with Crippen LogP contribution in [0.2, 0.25) is 0 Å². The fourth-order valence-corrected chi connectivity index (χ4v) is 3.65. The highest BCUT2D eigenvalue weighted by Gasteiger charge is 2.43. The van der Waals surface area contributed by atoms with E-state index >= 15 is 0 Å². The molecule has 1 aromatic heterocycles. The van der Waals surface area contributed by atoms with Crippen LogP contribution in [-0.2, 0) is 4.74 Å². The highest BCUT2D eigenvalue weighted by molar-refractivity contribution is 5.86. The van der Waals surface area contributed by atoms with Crippen molar-refractivity contribution in [1.82, 2.24) is 0 Å². The van der Waals surface area contributed by atoms with Crippen LogP contribution in [0.15, 0.2) is 45.6 Å². The Morgan fingerprint density at radius 1 is 0.909 bits per heavy atom. The molecule has 0 amide bonds. The summed E-state index contributed by atoms with van der Waals surface area (Å²) >= 11 is 0. The van der Waals surface area contributed by atoms with Crippen molar-refractivity contribution in [2.75, 3.05) is 14.2 Å². The van der Waals surface area contributed by atoms with Crippen LogP contribution in [0.5, 0.6) is 23.0 Å². The third-order valence-electron chi connectivity index (χ3n) is 5.52. The molecule has 0 aliphatic carbocycles. The Balaban J connectivity index is 1.79. The molecule has 2 heterocycles. The van der Waals surface area contributed by atoms with E-state index in [1.807, 2.05) is 0 Å². The smallest absolute Gasteiger partial charge is 0.229 e. The normalized spacial score (nSPS) is 25.1. The molecule has 1 saturated heterocycles. The van der Waals surface area contributed by atoms with Crippen molar-refractivity contribution in [3.63, 3.8) is 0 Å². The molecule has 0 unspecified atom stereocenters. The number of aliphatic hydroxyl groups is 3. The Hall–Kier alpha value is -3.31. The Bertz CT molecular complexity index is 1220. The fraction of sp³-hybridized carbons (Fsp3) is 0.348. The van der Waals surface area contributed by atoms with Gasteiger partial charge in [-0.15, -0.1) is 0 Å². The van der Waals surface area contributed by atoms with E-state index in [1.54, 1.807) is 6.07 Å². The molecule has 176 valence electrons. The summed E-state index contributed by atoms with van der Waals surface area (Å²) in [6.45, 7) is 1.52. The minimum atomic E-state index is -1.56. The number of ether oxygens (including phenoxy) is 4. The maximum Gasteiger partial charge on any atom is 0.229 e. The zero-order valence-corrected chi connectivity index (χ0v) is 18.1. The monoisotopic (exact) mass is 460 g/mol. The molecule has 2 aromatic carbocycles. The van der Waals surface area contributed by atoms with Crippen LogP contribution >= 0.6 is 0 Å². The van der Waals surface area contributed by atoms with Gasteiger partial charge in [-0.25, -0.2) is 0 Å². The second-order valence-corrected chi connectivity index (χ2v) is 7.66. The molecule has 1 aliphatic heterocycles. The van der Waals surface area contributed by atoms with Crippen LogP contribution in [0.1, 0.15) is 6.92 Å². The Labute approximate surface area is 188 Å². The lowest BCUT2D eigenvalue weighted by Crippen LogP contribution is -2.58. The van der Waals surface area contributed by atoms with Gasteiger partial charge in [-0.1, -0.05) is 0 Å². The number of rotatable bonds is 5. The van der Waals surface area contributed by atoms with Crippen LogP contribution in [0.25, 0.3) is 22.3 Å². The summed E-state index contributed by atoms with van der Waals surface area (Å²) in [6.07, 6.45) is -6.53. The maximum atomic E-state index is 13.1. The molecular weight excluding hydrogens is 436 g/mol. The van der Waals surface area contributed by atoms with Gasteiger partial charge < -0.3 is 43.8 Å². The van der Waals surface area contributed by atoms with Crippen LogP contribution in [-0.4, -0.2) is 65.4 Å². The summed E-state index contributed by atoms with van der Waals surface area (Å²) < 4.78 is 27.6. The molecule has 0 bridgehead atoms. The molecule has 1 aliphatic rings. The largest absolute Gasteiger partial charge is 0.504 e. The van der Waals surface area contributed by atoms with Crippen molar-refractivity contribution in [3.8, 4) is 34.3 Å². The quantitative estimate of drug-likeness (QED) is 0.440. The predicted octanol–water partition coefficient (Wildman–Crippen LogP) is 1.39. The first-order valence-corrected chi connectivity index (χ1v) is 10.1. The third-order valence-corrected chi connectivity index (χ3v) is 5.52. The van der Waals surface area contributed by atoms with Crippen molar-refractivity contribution in [3.05, 3.63) is 46.6 Å². The Morgan fingerprint density at radius 3 is 2.36 bits per heavy atom. The number of aliphatic hydroxyl groups excluding tert-OH is 3. The van der Waals surface area contributed by atoms with E-state index in [4.69, 9.17) is 23.4 Å². The molecule has 33 heavy (non-hydrogen) atoms. The molecular formula is C23H24O10. The lowest BCUT2D eigenvalue weighted by Gasteiger charge is -2.39. The molecule has 4 N–H and O–H groups in total. The zero-order chi connectivity index (χ0) is 23.9. The number of phenolic OH excluding ortho intramolecular Hbond substituents is 1. The van der Waals surface area contributed by atoms with Gasteiger partial charge >= 0.3 is 0 Å². The molecule has 10 heteroatoms. The molecule has 0 saturated carbocycles. The molecule has 3 aromatic rings. The van der Waals surface area contributed by atoms with E-state index in [2.05, 4.69) is 0 Å². The summed E-state index contributed by atoms with van der Waals surface area (Å²) in [5, 5.41) is 40.1. The Kier molecular flexibility index (Phi) is 6.17. The number of hydrogen-bond acceptors (Lipinski definition) is 10. The van der Waals surface area contributed by atoms with Gasteiger partial charge in [0.2, 0.25) is 6.29 Å². The number of hydrogen-bond donors (Lipinski definition) is 4. The first-order chi connectivity index (χ1) is 15.7. The van der Waals surface area contributed by atoms with Crippen LogP contribution in [0.3, 0.4) is 0 Å². The summed E-state index contributed by atoms with van der Waals surface area (Å²) in [4.78, 5) is 13.1. The highest BCUT2D eigenvalue weighted by Crippen LogP contribution is 2.36. The van der Waals surface area contributed by atoms with Crippen molar-refractivity contribution in [1.29, 1.82) is 0 Å². The first kappa shape index (κ1) is 22.9. The molecule has 0 spiro atoms. The first-order valence-electron chi connectivity index (χ1n) is 10.1. The summed E-state index contributed by atoms with van der Waals surface area (Å²) in [7, 11) is 2.83. The van der Waals surface area contributed by atoms with Crippen LogP contribution < -0.4 is 19.6 Å². The number of phenols is 1. The molecule has 4 rings (SSSR count). The lowest BCUT2D eigenvalue weighted by molar-refractivity contribution is -0.267. The van der Waals surface area contributed by atoms with Gasteiger partial charge in [0, 0.05) is 23.8 Å². The van der Waals surface area contributed by atoms with E-state index in [-0.39, 0.29) is 34.0 Å². The molecule has 1 fully saturated rings. The third kappa shape index (κ3) is 4.21. The van der Waals surface area contributed by atoms with E-state index in [1.165, 1.54) is 51.5 Å². The van der Waals surface area contributed by atoms with Gasteiger partial charge in [-0.3, -0.25) is 4.79 Å². The van der Waals surface area contributed by atoms with Gasteiger partial charge in [-0.05, 0) is 25.1 Å². The summed E-state index contributed by atoms with van der Waals surface area (Å²) in [5.41, 5.74) is 0.179. The highest BCUT2D eigenvalue weighted by atomic mass is 16.7. The standard InChI is InChI=1S/C23H24O10/c1-10-20(26)21(27)22(28)23(31-10)33-18-8-12(29-2)7-17-19(18)14(25)9-15(32-17)11-4-5-13(24)16(6-11)30-3/h4-10,20-24,26-28H,1-3H3/t10-,20-,21+,22-,23+/m1/s1. The van der Waals surface area contributed by atoms with Gasteiger partial charge in [0.15, 0.2) is 16.9 Å². The van der Waals surface area contributed by atoms with Crippen molar-refractivity contribution in [2.45, 2.75) is 37.6 Å². The van der Waals surface area contributed by atoms with E-state index in [0.29, 0.717) is 11.3 Å².